The second-order valence-electron chi connectivity index (χ2n) is 7.19. The maximum absolute atomic E-state index is 6.07. The molecule has 0 saturated carbocycles. The summed E-state index contributed by atoms with van der Waals surface area (Å²) < 4.78 is 12.1. The molecule has 0 unspecified atom stereocenters. The monoisotopic (exact) mass is 306 g/mol. The highest BCUT2D eigenvalue weighted by molar-refractivity contribution is 7.99. The molecule has 1 aliphatic rings. The molecule has 1 fully saturated rings. The van der Waals surface area contributed by atoms with Crippen LogP contribution in [0.1, 0.15) is 48.0 Å². The smallest absolute Gasteiger partial charge is 0.399 e. The van der Waals surface area contributed by atoms with Crippen LogP contribution in [0, 0.1) is 5.92 Å². The van der Waals surface area contributed by atoms with Crippen molar-refractivity contribution in [3.8, 4) is 0 Å². The maximum Gasteiger partial charge on any atom is 0.494 e. The van der Waals surface area contributed by atoms with Gasteiger partial charge in [0, 0.05) is 4.90 Å². The van der Waals surface area contributed by atoms with Crippen molar-refractivity contribution in [1.82, 2.24) is 0 Å². The molecule has 0 aliphatic carbocycles. The van der Waals surface area contributed by atoms with Crippen LogP contribution in [0.3, 0.4) is 0 Å². The van der Waals surface area contributed by atoms with E-state index in [2.05, 4.69) is 65.8 Å². The Morgan fingerprint density at radius 1 is 1.00 bits per heavy atom. The topological polar surface area (TPSA) is 18.5 Å². The first-order valence-electron chi connectivity index (χ1n) is 7.80. The summed E-state index contributed by atoms with van der Waals surface area (Å²) in [6, 6.07) is 8.59. The van der Waals surface area contributed by atoms with Gasteiger partial charge in [0.15, 0.2) is 0 Å². The highest BCUT2D eigenvalue weighted by Gasteiger charge is 2.51. The molecule has 2 nitrogen and oxygen atoms in total. The molecule has 1 heterocycles. The molecule has 4 heteroatoms. The molecule has 0 aromatic heterocycles. The van der Waals surface area contributed by atoms with Crippen LogP contribution in [-0.2, 0) is 9.31 Å². The third-order valence-electron chi connectivity index (χ3n) is 4.37. The first-order valence-corrected chi connectivity index (χ1v) is 8.78. The highest BCUT2D eigenvalue weighted by atomic mass is 32.2. The largest absolute Gasteiger partial charge is 0.494 e. The van der Waals surface area contributed by atoms with Crippen molar-refractivity contribution in [1.29, 1.82) is 0 Å². The highest BCUT2D eigenvalue weighted by Crippen LogP contribution is 2.36. The van der Waals surface area contributed by atoms with Crippen molar-refractivity contribution in [2.24, 2.45) is 5.92 Å². The zero-order chi connectivity index (χ0) is 15.7. The van der Waals surface area contributed by atoms with Crippen LogP contribution >= 0.6 is 11.8 Å². The van der Waals surface area contributed by atoms with Crippen LogP contribution in [0.2, 0.25) is 0 Å². The Hall–Kier alpha value is -0.445. The number of hydrogen-bond donors (Lipinski definition) is 0. The van der Waals surface area contributed by atoms with Gasteiger partial charge in [0.2, 0.25) is 0 Å². The molecule has 2 rings (SSSR count). The lowest BCUT2D eigenvalue weighted by atomic mass is 9.79. The minimum absolute atomic E-state index is 0.260. The second kappa shape index (κ2) is 6.35. The summed E-state index contributed by atoms with van der Waals surface area (Å²) in [4.78, 5) is 1.32. The summed E-state index contributed by atoms with van der Waals surface area (Å²) in [7, 11) is -0.260. The van der Waals surface area contributed by atoms with Crippen molar-refractivity contribution >= 4 is 24.3 Å². The van der Waals surface area contributed by atoms with E-state index in [-0.39, 0.29) is 18.3 Å². The van der Waals surface area contributed by atoms with E-state index < -0.39 is 0 Å². The van der Waals surface area contributed by atoms with Crippen molar-refractivity contribution in [3.05, 3.63) is 24.3 Å². The lowest BCUT2D eigenvalue weighted by Crippen LogP contribution is -2.41. The average Bonchev–Trinajstić information content (AvgIpc) is 2.59. The summed E-state index contributed by atoms with van der Waals surface area (Å²) in [6.45, 7) is 12.9. The van der Waals surface area contributed by atoms with Crippen molar-refractivity contribution in [2.45, 2.75) is 64.1 Å². The van der Waals surface area contributed by atoms with Crippen molar-refractivity contribution in [2.75, 3.05) is 5.75 Å². The van der Waals surface area contributed by atoms with Crippen LogP contribution in [0.25, 0.3) is 0 Å². The van der Waals surface area contributed by atoms with Crippen LogP contribution in [0.5, 0.6) is 0 Å². The molecule has 1 saturated heterocycles. The SMILES string of the molecule is CC(C)CCSc1ccc(B2OC(C)(C)C(C)(C)O2)cc1. The van der Waals surface area contributed by atoms with Gasteiger partial charge in [-0.15, -0.1) is 11.8 Å². The summed E-state index contributed by atoms with van der Waals surface area (Å²) in [6.07, 6.45) is 1.25. The van der Waals surface area contributed by atoms with Gasteiger partial charge in [-0.3, -0.25) is 0 Å². The number of rotatable bonds is 5. The summed E-state index contributed by atoms with van der Waals surface area (Å²) in [5, 5.41) is 0. The number of benzene rings is 1. The van der Waals surface area contributed by atoms with Gasteiger partial charge in [-0.2, -0.15) is 0 Å². The van der Waals surface area contributed by atoms with Gasteiger partial charge in [0.1, 0.15) is 0 Å². The predicted octanol–water partition coefficient (Wildman–Crippen LogP) is 4.12. The molecule has 21 heavy (non-hydrogen) atoms. The zero-order valence-corrected chi connectivity index (χ0v) is 14.9. The fourth-order valence-corrected chi connectivity index (χ4v) is 3.27. The molecular formula is C17H27BO2S. The van der Waals surface area contributed by atoms with Crippen LogP contribution < -0.4 is 5.46 Å². The van der Waals surface area contributed by atoms with Crippen LogP contribution in [0.4, 0.5) is 0 Å². The van der Waals surface area contributed by atoms with Gasteiger partial charge < -0.3 is 9.31 Å². The third kappa shape index (κ3) is 4.05. The number of thioether (sulfide) groups is 1. The summed E-state index contributed by atoms with van der Waals surface area (Å²) in [5.41, 5.74) is 0.548. The van der Waals surface area contributed by atoms with Gasteiger partial charge in [-0.05, 0) is 63.4 Å². The predicted molar refractivity (Wildman–Crippen MR) is 92.3 cm³/mol. The fourth-order valence-electron chi connectivity index (χ4n) is 2.11. The van der Waals surface area contributed by atoms with E-state index in [1.54, 1.807) is 0 Å². The molecule has 116 valence electrons. The second-order valence-corrected chi connectivity index (χ2v) is 8.36. The quantitative estimate of drug-likeness (QED) is 0.602. The average molecular weight is 306 g/mol. The molecule has 1 aliphatic heterocycles. The first kappa shape index (κ1) is 16.9. The lowest BCUT2D eigenvalue weighted by Gasteiger charge is -2.32. The van der Waals surface area contributed by atoms with E-state index in [1.165, 1.54) is 17.1 Å². The Morgan fingerprint density at radius 3 is 2.00 bits per heavy atom. The molecule has 0 spiro atoms. The van der Waals surface area contributed by atoms with E-state index in [1.807, 2.05) is 11.8 Å². The number of hydrogen-bond acceptors (Lipinski definition) is 3. The molecular weight excluding hydrogens is 279 g/mol. The van der Waals surface area contributed by atoms with Crippen LogP contribution in [-0.4, -0.2) is 24.1 Å². The van der Waals surface area contributed by atoms with E-state index in [4.69, 9.17) is 9.31 Å². The van der Waals surface area contributed by atoms with Crippen LogP contribution in [0.15, 0.2) is 29.2 Å². The van der Waals surface area contributed by atoms with E-state index in [9.17, 15) is 0 Å². The molecule has 1 aromatic carbocycles. The molecule has 0 N–H and O–H groups in total. The van der Waals surface area contributed by atoms with E-state index in [0.717, 1.165) is 11.4 Å². The normalized spacial score (nSPS) is 20.2. The molecule has 0 bridgehead atoms. The van der Waals surface area contributed by atoms with Gasteiger partial charge in [0.05, 0.1) is 11.2 Å². The Balaban J connectivity index is 1.97. The van der Waals surface area contributed by atoms with Gasteiger partial charge in [-0.1, -0.05) is 26.0 Å². The lowest BCUT2D eigenvalue weighted by molar-refractivity contribution is 0.00578. The van der Waals surface area contributed by atoms with Crippen molar-refractivity contribution in [3.63, 3.8) is 0 Å². The minimum Gasteiger partial charge on any atom is -0.399 e. The maximum atomic E-state index is 6.07. The molecule has 0 radical (unpaired) electrons. The fraction of sp³-hybridized carbons (Fsp3) is 0.647. The van der Waals surface area contributed by atoms with Gasteiger partial charge in [-0.25, -0.2) is 0 Å². The Kier molecular flexibility index (Phi) is 5.12. The molecule has 0 atom stereocenters. The van der Waals surface area contributed by atoms with E-state index >= 15 is 0 Å². The first-order chi connectivity index (χ1) is 9.71. The summed E-state index contributed by atoms with van der Waals surface area (Å²) in [5.74, 6) is 1.94. The molecule has 1 aromatic rings. The Morgan fingerprint density at radius 2 is 1.52 bits per heavy atom. The van der Waals surface area contributed by atoms with Crippen molar-refractivity contribution < 1.29 is 9.31 Å². The molecule has 0 amide bonds. The third-order valence-corrected chi connectivity index (χ3v) is 5.41. The van der Waals surface area contributed by atoms with Gasteiger partial charge in [0.25, 0.3) is 0 Å². The van der Waals surface area contributed by atoms with E-state index in [0.29, 0.717) is 0 Å². The van der Waals surface area contributed by atoms with Gasteiger partial charge >= 0.3 is 7.12 Å². The Labute approximate surface area is 134 Å². The summed E-state index contributed by atoms with van der Waals surface area (Å²) >= 11 is 1.92. The zero-order valence-electron chi connectivity index (χ0n) is 14.1. The standard InChI is InChI=1S/C17H27BO2S/c1-13(2)11-12-21-15-9-7-14(8-10-15)18-19-16(3,4)17(5,6)20-18/h7-10,13H,11-12H2,1-6H3. The Bertz CT molecular complexity index is 452. The minimum atomic E-state index is -0.275.